The van der Waals surface area contributed by atoms with Crippen molar-refractivity contribution in [2.75, 3.05) is 26.2 Å². The lowest BCUT2D eigenvalue weighted by Crippen LogP contribution is -2.44. The Bertz CT molecular complexity index is 403. The smallest absolute Gasteiger partial charge is 0.229 e. The molecule has 0 bridgehead atoms. The van der Waals surface area contributed by atoms with Gasteiger partial charge in [0, 0.05) is 32.1 Å². The highest BCUT2D eigenvalue weighted by Gasteiger charge is 2.25. The number of hydrogen-bond donors (Lipinski definition) is 1. The lowest BCUT2D eigenvalue weighted by atomic mass is 9.91. The van der Waals surface area contributed by atoms with Gasteiger partial charge in [0.15, 0.2) is 5.82 Å². The van der Waals surface area contributed by atoms with E-state index in [4.69, 9.17) is 9.51 Å². The van der Waals surface area contributed by atoms with Crippen LogP contribution in [0.2, 0.25) is 0 Å². The van der Waals surface area contributed by atoms with E-state index in [1.165, 1.54) is 44.9 Å². The van der Waals surface area contributed by atoms with E-state index < -0.39 is 0 Å². The topological polar surface area (TPSA) is 54.2 Å². The van der Waals surface area contributed by atoms with Crippen molar-refractivity contribution >= 4 is 0 Å². The third kappa shape index (κ3) is 3.83. The molecule has 1 N–H and O–H groups in total. The van der Waals surface area contributed by atoms with Crippen molar-refractivity contribution in [2.24, 2.45) is 0 Å². The summed E-state index contributed by atoms with van der Waals surface area (Å²) in [5, 5.41) is 7.66. The summed E-state index contributed by atoms with van der Waals surface area (Å²) in [6.07, 6.45) is 9.13. The quantitative estimate of drug-likeness (QED) is 0.928. The van der Waals surface area contributed by atoms with Crippen molar-refractivity contribution in [2.45, 2.75) is 63.8 Å². The molecule has 5 nitrogen and oxygen atoms in total. The first-order valence-corrected chi connectivity index (χ1v) is 8.63. The minimum atomic E-state index is 0.262. The van der Waals surface area contributed by atoms with E-state index in [-0.39, 0.29) is 6.04 Å². The highest BCUT2D eigenvalue weighted by molar-refractivity contribution is 4.99. The molecule has 1 saturated heterocycles. The van der Waals surface area contributed by atoms with Gasteiger partial charge in [0.25, 0.3) is 0 Å². The average molecular weight is 292 g/mol. The largest absolute Gasteiger partial charge is 0.339 e. The van der Waals surface area contributed by atoms with Gasteiger partial charge in [-0.05, 0) is 19.8 Å². The van der Waals surface area contributed by atoms with E-state index in [1.807, 2.05) is 0 Å². The maximum Gasteiger partial charge on any atom is 0.229 e. The summed E-state index contributed by atoms with van der Waals surface area (Å²) in [5.74, 6) is 2.24. The highest BCUT2D eigenvalue weighted by atomic mass is 16.5. The van der Waals surface area contributed by atoms with Gasteiger partial charge in [-0.15, -0.1) is 0 Å². The Kier molecular flexibility index (Phi) is 5.25. The van der Waals surface area contributed by atoms with Crippen molar-refractivity contribution in [3.63, 3.8) is 0 Å². The SMILES string of the molecule is CC(c1noc(C2CCCCCCC2)n1)N1CCNCC1. The van der Waals surface area contributed by atoms with Crippen LogP contribution in [0.4, 0.5) is 0 Å². The van der Waals surface area contributed by atoms with Crippen molar-refractivity contribution < 1.29 is 4.52 Å². The van der Waals surface area contributed by atoms with E-state index in [0.29, 0.717) is 5.92 Å². The zero-order valence-corrected chi connectivity index (χ0v) is 13.2. The number of rotatable bonds is 3. The molecule has 1 aliphatic heterocycles. The van der Waals surface area contributed by atoms with E-state index >= 15 is 0 Å². The summed E-state index contributed by atoms with van der Waals surface area (Å²) < 4.78 is 5.61. The van der Waals surface area contributed by atoms with Gasteiger partial charge in [-0.1, -0.05) is 37.3 Å². The van der Waals surface area contributed by atoms with Crippen LogP contribution in [-0.4, -0.2) is 41.2 Å². The van der Waals surface area contributed by atoms with Crippen LogP contribution in [0.5, 0.6) is 0 Å². The maximum atomic E-state index is 5.61. The lowest BCUT2D eigenvalue weighted by Gasteiger charge is -2.30. The van der Waals surface area contributed by atoms with Crippen molar-refractivity contribution in [1.29, 1.82) is 0 Å². The van der Waals surface area contributed by atoms with Crippen molar-refractivity contribution in [3.8, 4) is 0 Å². The van der Waals surface area contributed by atoms with Crippen LogP contribution in [0.3, 0.4) is 0 Å². The summed E-state index contributed by atoms with van der Waals surface area (Å²) >= 11 is 0. The second kappa shape index (κ2) is 7.36. The van der Waals surface area contributed by atoms with Crippen molar-refractivity contribution in [1.82, 2.24) is 20.4 Å². The molecule has 118 valence electrons. The van der Waals surface area contributed by atoms with Crippen LogP contribution in [0.1, 0.15) is 75.5 Å². The van der Waals surface area contributed by atoms with Gasteiger partial charge in [0.1, 0.15) is 0 Å². The lowest BCUT2D eigenvalue weighted by molar-refractivity contribution is 0.176. The fourth-order valence-corrected chi connectivity index (χ4v) is 3.52. The first-order chi connectivity index (χ1) is 10.3. The molecule has 1 aliphatic carbocycles. The molecule has 1 unspecified atom stereocenters. The highest BCUT2D eigenvalue weighted by Crippen LogP contribution is 2.30. The Labute approximate surface area is 127 Å². The summed E-state index contributed by atoms with van der Waals surface area (Å²) in [6, 6.07) is 0.262. The number of piperazine rings is 1. The third-order valence-electron chi connectivity index (χ3n) is 4.98. The maximum absolute atomic E-state index is 5.61. The van der Waals surface area contributed by atoms with Crippen LogP contribution in [0.15, 0.2) is 4.52 Å². The predicted octanol–water partition coefficient (Wildman–Crippen LogP) is 2.86. The Hall–Kier alpha value is -0.940. The van der Waals surface area contributed by atoms with E-state index in [2.05, 4.69) is 22.3 Å². The van der Waals surface area contributed by atoms with Gasteiger partial charge < -0.3 is 9.84 Å². The molecule has 1 saturated carbocycles. The molecule has 2 heterocycles. The standard InChI is InChI=1S/C16H28N4O/c1-13(20-11-9-17-10-12-20)15-18-16(21-19-15)14-7-5-3-2-4-6-8-14/h13-14,17H,2-12H2,1H3. The van der Waals surface area contributed by atoms with Gasteiger partial charge in [-0.3, -0.25) is 4.90 Å². The molecular weight excluding hydrogens is 264 g/mol. The third-order valence-corrected chi connectivity index (χ3v) is 4.98. The van der Waals surface area contributed by atoms with Crippen LogP contribution in [0, 0.1) is 0 Å². The van der Waals surface area contributed by atoms with Crippen LogP contribution in [-0.2, 0) is 0 Å². The Morgan fingerprint density at radius 3 is 2.48 bits per heavy atom. The Morgan fingerprint density at radius 2 is 1.76 bits per heavy atom. The van der Waals surface area contributed by atoms with E-state index in [0.717, 1.165) is 37.9 Å². The van der Waals surface area contributed by atoms with Gasteiger partial charge in [0.05, 0.1) is 6.04 Å². The second-order valence-electron chi connectivity index (χ2n) is 6.49. The molecule has 2 aliphatic rings. The summed E-state index contributed by atoms with van der Waals surface area (Å²) in [4.78, 5) is 7.18. The number of aromatic nitrogens is 2. The molecule has 0 amide bonds. The minimum Gasteiger partial charge on any atom is -0.339 e. The fourth-order valence-electron chi connectivity index (χ4n) is 3.52. The van der Waals surface area contributed by atoms with Gasteiger partial charge >= 0.3 is 0 Å². The normalized spacial score (nSPS) is 24.4. The van der Waals surface area contributed by atoms with Gasteiger partial charge in [0.2, 0.25) is 5.89 Å². The summed E-state index contributed by atoms with van der Waals surface area (Å²) in [6.45, 7) is 6.43. The first kappa shape index (κ1) is 15.0. The fraction of sp³-hybridized carbons (Fsp3) is 0.875. The Balaban J connectivity index is 1.63. The van der Waals surface area contributed by atoms with Crippen LogP contribution < -0.4 is 5.32 Å². The first-order valence-electron chi connectivity index (χ1n) is 8.63. The predicted molar refractivity (Wildman–Crippen MR) is 82.2 cm³/mol. The molecule has 1 atom stereocenters. The molecule has 0 radical (unpaired) electrons. The molecule has 1 aromatic rings. The molecule has 21 heavy (non-hydrogen) atoms. The molecule has 5 heteroatoms. The van der Waals surface area contributed by atoms with Crippen LogP contribution >= 0.6 is 0 Å². The van der Waals surface area contributed by atoms with E-state index in [9.17, 15) is 0 Å². The second-order valence-corrected chi connectivity index (χ2v) is 6.49. The molecule has 1 aromatic heterocycles. The molecule has 3 rings (SSSR count). The number of hydrogen-bond acceptors (Lipinski definition) is 5. The van der Waals surface area contributed by atoms with Gasteiger partial charge in [-0.2, -0.15) is 4.98 Å². The number of nitrogens with one attached hydrogen (secondary N) is 1. The molecule has 2 fully saturated rings. The molecule has 0 spiro atoms. The van der Waals surface area contributed by atoms with E-state index in [1.54, 1.807) is 0 Å². The monoisotopic (exact) mass is 292 g/mol. The molecule has 0 aromatic carbocycles. The minimum absolute atomic E-state index is 0.262. The van der Waals surface area contributed by atoms with Crippen molar-refractivity contribution in [3.05, 3.63) is 11.7 Å². The Morgan fingerprint density at radius 1 is 1.10 bits per heavy atom. The molecular formula is C16H28N4O. The summed E-state index contributed by atoms with van der Waals surface area (Å²) in [5.41, 5.74) is 0. The zero-order chi connectivity index (χ0) is 14.5. The van der Waals surface area contributed by atoms with Gasteiger partial charge in [-0.25, -0.2) is 0 Å². The zero-order valence-electron chi connectivity index (χ0n) is 13.2. The van der Waals surface area contributed by atoms with Crippen LogP contribution in [0.25, 0.3) is 0 Å². The number of nitrogens with zero attached hydrogens (tertiary/aromatic N) is 3. The average Bonchev–Trinajstić information content (AvgIpc) is 2.97. The summed E-state index contributed by atoms with van der Waals surface area (Å²) in [7, 11) is 0.